The van der Waals surface area contributed by atoms with Crippen molar-refractivity contribution in [2.45, 2.75) is 168 Å². The number of allylic oxidation sites excluding steroid dienone is 4. The Morgan fingerprint density at radius 1 is 0.419 bits per heavy atom. The van der Waals surface area contributed by atoms with Crippen LogP contribution in [0, 0.1) is 11.8 Å². The van der Waals surface area contributed by atoms with Crippen LogP contribution >= 0.6 is 45.2 Å². The highest BCUT2D eigenvalue weighted by molar-refractivity contribution is 14.1. The van der Waals surface area contributed by atoms with E-state index in [-0.39, 0.29) is 0 Å². The van der Waals surface area contributed by atoms with E-state index in [0.29, 0.717) is 25.4 Å². The fourth-order valence-electron chi connectivity index (χ4n) is 5.20. The summed E-state index contributed by atoms with van der Waals surface area (Å²) in [7, 11) is 0. The van der Waals surface area contributed by atoms with E-state index >= 15 is 0 Å². The summed E-state index contributed by atoms with van der Waals surface area (Å²) in [6.45, 7) is 6.68. The molecular weight excluding hydrogens is 758 g/mol. The number of alkyl halides is 2. The summed E-state index contributed by atoms with van der Waals surface area (Å²) in [6, 6.07) is 0. The van der Waals surface area contributed by atoms with E-state index in [9.17, 15) is 0 Å². The largest absolute Gasteiger partial charge is 0.355 e. The van der Waals surface area contributed by atoms with Crippen LogP contribution in [-0.2, 0) is 14.2 Å². The normalized spacial score (nSPS) is 13.5. The third kappa shape index (κ3) is 38.9. The second-order valence-electron chi connectivity index (χ2n) is 12.7. The Morgan fingerprint density at radius 3 is 1.05 bits per heavy atom. The average Bonchev–Trinajstić information content (AvgIpc) is 3.01. The van der Waals surface area contributed by atoms with Crippen LogP contribution in [-0.4, -0.2) is 35.7 Å². The second-order valence-corrected chi connectivity index (χ2v) is 14.8. The van der Waals surface area contributed by atoms with Crippen molar-refractivity contribution >= 4 is 45.2 Å². The first kappa shape index (κ1) is 43.8. The van der Waals surface area contributed by atoms with Crippen molar-refractivity contribution in [2.24, 2.45) is 11.8 Å². The number of hydrogen-bond acceptors (Lipinski definition) is 3. The van der Waals surface area contributed by atoms with Gasteiger partial charge in [0.1, 0.15) is 13.6 Å². The predicted molar refractivity (Wildman–Crippen MR) is 208 cm³/mol. The summed E-state index contributed by atoms with van der Waals surface area (Å²) in [6.07, 6.45) is 42.2. The molecule has 0 aromatic carbocycles. The molecule has 0 aromatic rings. The lowest BCUT2D eigenvalue weighted by atomic mass is 10.0. The molecule has 0 radical (unpaired) electrons. The lowest BCUT2D eigenvalue weighted by Crippen LogP contribution is -2.08. The van der Waals surface area contributed by atoms with E-state index in [4.69, 9.17) is 14.2 Å². The van der Waals surface area contributed by atoms with Crippen molar-refractivity contribution in [1.82, 2.24) is 0 Å². The molecule has 0 aromatic heterocycles. The molecule has 0 saturated carbocycles. The highest BCUT2D eigenvalue weighted by Gasteiger charge is 2.00. The molecule has 0 rings (SSSR count). The van der Waals surface area contributed by atoms with Gasteiger partial charge in [0.05, 0.1) is 0 Å². The quantitative estimate of drug-likeness (QED) is 0.0207. The Morgan fingerprint density at radius 2 is 0.721 bits per heavy atom. The van der Waals surface area contributed by atoms with Crippen molar-refractivity contribution in [3.8, 4) is 0 Å². The second kappa shape index (κ2) is 39.0. The molecule has 0 aliphatic rings. The third-order valence-corrected chi connectivity index (χ3v) is 9.73. The molecule has 5 heteroatoms. The van der Waals surface area contributed by atoms with Gasteiger partial charge in [0.15, 0.2) is 0 Å². The molecule has 0 aliphatic heterocycles. The fraction of sp³-hybridized carbons (Fsp3) is 0.895. The van der Waals surface area contributed by atoms with Crippen molar-refractivity contribution in [3.05, 3.63) is 24.3 Å². The van der Waals surface area contributed by atoms with E-state index in [1.165, 1.54) is 150 Å². The Labute approximate surface area is 297 Å². The molecule has 256 valence electrons. The van der Waals surface area contributed by atoms with Crippen molar-refractivity contribution in [3.63, 3.8) is 0 Å². The Balaban J connectivity index is 3.34. The van der Waals surface area contributed by atoms with Crippen LogP contribution in [0.3, 0.4) is 0 Å². The molecule has 0 N–H and O–H groups in total. The highest BCUT2D eigenvalue weighted by Crippen LogP contribution is 2.14. The molecule has 43 heavy (non-hydrogen) atoms. The Kier molecular flexibility index (Phi) is 39.7. The van der Waals surface area contributed by atoms with Crippen LogP contribution in [0.15, 0.2) is 24.3 Å². The minimum atomic E-state index is 0.322. The van der Waals surface area contributed by atoms with Crippen LogP contribution < -0.4 is 0 Å². The Bertz CT molecular complexity index is 521. The number of unbranched alkanes of at least 4 members (excludes halogenated alkanes) is 20. The van der Waals surface area contributed by atoms with Crippen LogP contribution in [0.1, 0.15) is 168 Å². The first-order valence-electron chi connectivity index (χ1n) is 18.4. The first-order valence-corrected chi connectivity index (χ1v) is 21.4. The van der Waals surface area contributed by atoms with E-state index in [0.717, 1.165) is 26.1 Å². The van der Waals surface area contributed by atoms with E-state index in [1.807, 2.05) is 0 Å². The van der Waals surface area contributed by atoms with E-state index in [1.54, 1.807) is 0 Å². The standard InChI is InChI=1S/C38H72I2O3/c1-37(27-23-19-15-11-7-3-5-9-13-17-21-25-31-39)29-33-41-35-43-36-42-34-30-38(2)28-24-20-16-12-8-4-6-10-14-18-22-26-32-40/h23-24,27-28,37-38H,3-22,25-26,29-36H2,1-2H3. The average molecular weight is 831 g/mol. The monoisotopic (exact) mass is 830 g/mol. The summed E-state index contributed by atoms with van der Waals surface area (Å²) in [5, 5.41) is 0. The minimum Gasteiger partial charge on any atom is -0.355 e. The molecule has 2 unspecified atom stereocenters. The van der Waals surface area contributed by atoms with Gasteiger partial charge in [0.2, 0.25) is 0 Å². The zero-order valence-corrected chi connectivity index (χ0v) is 33.0. The van der Waals surface area contributed by atoms with Crippen LogP contribution in [0.2, 0.25) is 0 Å². The smallest absolute Gasteiger partial charge is 0.149 e. The van der Waals surface area contributed by atoms with Gasteiger partial charge in [0.25, 0.3) is 0 Å². The van der Waals surface area contributed by atoms with Gasteiger partial charge in [-0.2, -0.15) is 0 Å². The van der Waals surface area contributed by atoms with Gasteiger partial charge < -0.3 is 14.2 Å². The van der Waals surface area contributed by atoms with Gasteiger partial charge in [0, 0.05) is 13.2 Å². The first-order chi connectivity index (χ1) is 21.2. The zero-order chi connectivity index (χ0) is 31.3. The molecule has 0 amide bonds. The van der Waals surface area contributed by atoms with E-state index < -0.39 is 0 Å². The summed E-state index contributed by atoms with van der Waals surface area (Å²) in [4.78, 5) is 0. The summed E-state index contributed by atoms with van der Waals surface area (Å²) in [5.74, 6) is 1.13. The summed E-state index contributed by atoms with van der Waals surface area (Å²) < 4.78 is 19.4. The van der Waals surface area contributed by atoms with Gasteiger partial charge in [-0.3, -0.25) is 0 Å². The lowest BCUT2D eigenvalue weighted by Gasteiger charge is -2.10. The lowest BCUT2D eigenvalue weighted by molar-refractivity contribution is -0.132. The predicted octanol–water partition coefficient (Wildman–Crippen LogP) is 13.6. The van der Waals surface area contributed by atoms with Crippen molar-refractivity contribution in [2.75, 3.05) is 35.7 Å². The summed E-state index contributed by atoms with van der Waals surface area (Å²) in [5.41, 5.74) is 0. The molecule has 0 spiro atoms. The van der Waals surface area contributed by atoms with Crippen molar-refractivity contribution < 1.29 is 14.2 Å². The maximum Gasteiger partial charge on any atom is 0.149 e. The molecule has 0 fully saturated rings. The molecule has 0 bridgehead atoms. The topological polar surface area (TPSA) is 27.7 Å². The van der Waals surface area contributed by atoms with Crippen molar-refractivity contribution in [1.29, 1.82) is 0 Å². The highest BCUT2D eigenvalue weighted by atomic mass is 127. The maximum absolute atomic E-state index is 5.63. The van der Waals surface area contributed by atoms with Gasteiger partial charge in [-0.15, -0.1) is 0 Å². The number of halogens is 2. The SMILES string of the molecule is CC(C=CCCCCCCCCCCCCI)CCOCOCOCCC(C)C=CCCCCCCCCCCCCI. The van der Waals surface area contributed by atoms with E-state index in [2.05, 4.69) is 83.3 Å². The minimum absolute atomic E-state index is 0.322. The fourth-order valence-corrected chi connectivity index (χ4v) is 6.28. The number of rotatable bonds is 36. The molecule has 2 atom stereocenters. The maximum atomic E-state index is 5.63. The number of hydrogen-bond donors (Lipinski definition) is 0. The van der Waals surface area contributed by atoms with Crippen LogP contribution in [0.5, 0.6) is 0 Å². The molecule has 0 heterocycles. The van der Waals surface area contributed by atoms with Crippen LogP contribution in [0.4, 0.5) is 0 Å². The van der Waals surface area contributed by atoms with Gasteiger partial charge in [-0.25, -0.2) is 0 Å². The van der Waals surface area contributed by atoms with Gasteiger partial charge in [-0.1, -0.05) is 186 Å². The number of ether oxygens (including phenoxy) is 3. The van der Waals surface area contributed by atoms with Crippen LogP contribution in [0.25, 0.3) is 0 Å². The Hall–Kier alpha value is 0.820. The third-order valence-electron chi connectivity index (χ3n) is 8.21. The summed E-state index contributed by atoms with van der Waals surface area (Å²) >= 11 is 4.97. The van der Waals surface area contributed by atoms with Gasteiger partial charge >= 0.3 is 0 Å². The molecule has 3 nitrogen and oxygen atoms in total. The molecule has 0 saturated heterocycles. The zero-order valence-electron chi connectivity index (χ0n) is 28.7. The molecule has 0 aliphatic carbocycles. The molecular formula is C38H72I2O3. The van der Waals surface area contributed by atoms with Gasteiger partial charge in [-0.05, 0) is 72.1 Å².